The topological polar surface area (TPSA) is 61.4 Å². The molecule has 1 radical (unpaired) electrons. The maximum atomic E-state index is 3.94. The summed E-state index contributed by atoms with van der Waals surface area (Å²) in [6, 6.07) is 0. The smallest absolute Gasteiger partial charge is 0.137 e. The highest BCUT2D eigenvalue weighted by molar-refractivity contribution is 4.74. The van der Waals surface area contributed by atoms with Crippen LogP contribution in [0.2, 0.25) is 0 Å². The molecule has 0 unspecified atom stereocenters. The molecule has 6 nitrogen and oxygen atoms in total. The molecule has 0 aliphatic heterocycles. The van der Waals surface area contributed by atoms with Gasteiger partial charge in [0.1, 0.15) is 25.3 Å². The van der Waals surface area contributed by atoms with Crippen LogP contribution in [-0.2, 0) is 6.54 Å². The lowest BCUT2D eigenvalue weighted by Gasteiger charge is -1.98. The third-order valence-corrected chi connectivity index (χ3v) is 1.38. The molecule has 2 heterocycles. The molecule has 0 aliphatic rings. The van der Waals surface area contributed by atoms with Gasteiger partial charge in [0.2, 0.25) is 0 Å². The van der Waals surface area contributed by atoms with Gasteiger partial charge in [-0.3, -0.25) is 4.68 Å². The molecule has 0 aromatic carbocycles. The van der Waals surface area contributed by atoms with Crippen molar-refractivity contribution < 1.29 is 0 Å². The summed E-state index contributed by atoms with van der Waals surface area (Å²) >= 11 is 0. The van der Waals surface area contributed by atoms with E-state index in [2.05, 4.69) is 20.3 Å². The normalized spacial score (nSPS) is 10.3. The molecule has 0 N–H and O–H groups in total. The van der Waals surface area contributed by atoms with Gasteiger partial charge in [0.15, 0.2) is 0 Å². The van der Waals surface area contributed by atoms with Crippen LogP contribution >= 0.6 is 0 Å². The monoisotopic (exact) mass is 163 g/mol. The summed E-state index contributed by atoms with van der Waals surface area (Å²) in [5.41, 5.74) is 0. The molecule has 0 atom stereocenters. The third kappa shape index (κ3) is 1.47. The molecule has 0 amide bonds. The molecular weight excluding hydrogens is 156 g/mol. The molecule has 0 bridgehead atoms. The molecule has 12 heavy (non-hydrogen) atoms. The fraction of sp³-hybridized carbons (Fsp3) is 0.167. The van der Waals surface area contributed by atoms with E-state index in [9.17, 15) is 0 Å². The summed E-state index contributed by atoms with van der Waals surface area (Å²) in [6.07, 6.45) is 6.40. The Labute approximate surface area is 68.9 Å². The van der Waals surface area contributed by atoms with Crippen molar-refractivity contribution in [1.29, 1.82) is 0 Å². The molecule has 0 spiro atoms. The van der Waals surface area contributed by atoms with Crippen molar-refractivity contribution in [3.63, 3.8) is 0 Å². The number of hydrogen-bond acceptors (Lipinski definition) is 4. The molecule has 0 aliphatic carbocycles. The lowest BCUT2D eigenvalue weighted by molar-refractivity contribution is 0.636. The number of aromatic nitrogens is 6. The second-order valence-electron chi connectivity index (χ2n) is 2.21. The maximum Gasteiger partial charge on any atom is 0.137 e. The van der Waals surface area contributed by atoms with Gasteiger partial charge in [0.05, 0.1) is 13.1 Å². The van der Waals surface area contributed by atoms with Crippen molar-refractivity contribution in [2.24, 2.45) is 0 Å². The first-order chi connectivity index (χ1) is 5.95. The van der Waals surface area contributed by atoms with Gasteiger partial charge in [-0.2, -0.15) is 5.10 Å². The first kappa shape index (κ1) is 6.96. The van der Waals surface area contributed by atoms with Crippen LogP contribution in [0.1, 0.15) is 0 Å². The minimum Gasteiger partial charge on any atom is -0.313 e. The summed E-state index contributed by atoms with van der Waals surface area (Å²) in [7, 11) is 0. The van der Waals surface area contributed by atoms with Gasteiger partial charge in [0, 0.05) is 0 Å². The zero-order valence-corrected chi connectivity index (χ0v) is 6.28. The van der Waals surface area contributed by atoms with E-state index in [0.717, 1.165) is 0 Å². The quantitative estimate of drug-likeness (QED) is 0.616. The van der Waals surface area contributed by atoms with Crippen LogP contribution in [0.3, 0.4) is 0 Å². The van der Waals surface area contributed by atoms with Crippen molar-refractivity contribution in [2.45, 2.75) is 6.54 Å². The summed E-state index contributed by atoms with van der Waals surface area (Å²) in [5.74, 6) is 0. The van der Waals surface area contributed by atoms with Gasteiger partial charge >= 0.3 is 0 Å². The van der Waals surface area contributed by atoms with Gasteiger partial charge < -0.3 is 4.57 Å². The minimum absolute atomic E-state index is 0.665. The van der Waals surface area contributed by atoms with Gasteiger partial charge in [-0.15, -0.1) is 10.2 Å². The Kier molecular flexibility index (Phi) is 1.81. The van der Waals surface area contributed by atoms with Crippen molar-refractivity contribution >= 4 is 0 Å². The molecule has 0 saturated carbocycles. The largest absolute Gasteiger partial charge is 0.313 e. The van der Waals surface area contributed by atoms with Crippen LogP contribution in [0.4, 0.5) is 0 Å². The standard InChI is InChI=1S/C6H7N6/c1(11-5-8-9-6-11)2-12-4-7-3-10-12/h1,3-6H,2H2. The Morgan fingerprint density at radius 1 is 1.17 bits per heavy atom. The Balaban J connectivity index is 1.91. The average molecular weight is 163 g/mol. The molecule has 6 heteroatoms. The van der Waals surface area contributed by atoms with Crippen LogP contribution < -0.4 is 0 Å². The number of nitrogens with zero attached hydrogens (tertiary/aromatic N) is 6. The van der Waals surface area contributed by atoms with E-state index < -0.39 is 0 Å². The zero-order valence-electron chi connectivity index (χ0n) is 6.28. The minimum atomic E-state index is 0.665. The van der Waals surface area contributed by atoms with Crippen molar-refractivity contribution in [3.8, 4) is 0 Å². The number of rotatable bonds is 3. The highest BCUT2D eigenvalue weighted by Gasteiger charge is 1.93. The first-order valence-electron chi connectivity index (χ1n) is 3.45. The first-order valence-corrected chi connectivity index (χ1v) is 3.45. The van der Waals surface area contributed by atoms with Crippen molar-refractivity contribution in [2.75, 3.05) is 0 Å². The maximum absolute atomic E-state index is 3.94. The SMILES string of the molecule is [CH](Cn1cncn1)n1cnnc1. The Hall–Kier alpha value is -1.72. The molecule has 2 rings (SSSR count). The van der Waals surface area contributed by atoms with Crippen LogP contribution in [0, 0.1) is 6.54 Å². The molecule has 2 aromatic heterocycles. The van der Waals surface area contributed by atoms with E-state index in [1.807, 2.05) is 6.54 Å². The van der Waals surface area contributed by atoms with Crippen molar-refractivity contribution in [3.05, 3.63) is 31.9 Å². The van der Waals surface area contributed by atoms with E-state index in [4.69, 9.17) is 0 Å². The third-order valence-electron chi connectivity index (χ3n) is 1.38. The van der Waals surface area contributed by atoms with Crippen molar-refractivity contribution in [1.82, 2.24) is 29.5 Å². The highest BCUT2D eigenvalue weighted by atomic mass is 15.3. The lowest BCUT2D eigenvalue weighted by atomic mass is 10.6. The van der Waals surface area contributed by atoms with E-state index in [-0.39, 0.29) is 0 Å². The Morgan fingerprint density at radius 3 is 2.67 bits per heavy atom. The van der Waals surface area contributed by atoms with Gasteiger partial charge in [-0.05, 0) is 0 Å². The Morgan fingerprint density at radius 2 is 2.00 bits per heavy atom. The summed E-state index contributed by atoms with van der Waals surface area (Å²) in [4.78, 5) is 3.81. The second-order valence-corrected chi connectivity index (χ2v) is 2.21. The van der Waals surface area contributed by atoms with E-state index in [0.29, 0.717) is 6.54 Å². The molecule has 0 saturated heterocycles. The molecular formula is C6H7N6. The predicted molar refractivity (Wildman–Crippen MR) is 39.7 cm³/mol. The fourth-order valence-electron chi connectivity index (χ4n) is 0.808. The molecule has 61 valence electrons. The zero-order chi connectivity index (χ0) is 8.23. The van der Waals surface area contributed by atoms with E-state index >= 15 is 0 Å². The van der Waals surface area contributed by atoms with Gasteiger partial charge in [-0.1, -0.05) is 0 Å². The van der Waals surface area contributed by atoms with Crippen LogP contribution in [-0.4, -0.2) is 29.5 Å². The van der Waals surface area contributed by atoms with Crippen LogP contribution in [0.25, 0.3) is 0 Å². The highest BCUT2D eigenvalue weighted by Crippen LogP contribution is 1.88. The average Bonchev–Trinajstić information content (AvgIpc) is 2.74. The fourth-order valence-corrected chi connectivity index (χ4v) is 0.808. The molecule has 2 aromatic rings. The van der Waals surface area contributed by atoms with Gasteiger partial charge in [0.25, 0.3) is 0 Å². The summed E-state index contributed by atoms with van der Waals surface area (Å²) < 4.78 is 3.47. The Bertz CT molecular complexity index is 275. The summed E-state index contributed by atoms with van der Waals surface area (Å²) in [5, 5.41) is 11.3. The number of hydrogen-bond donors (Lipinski definition) is 0. The predicted octanol–water partition coefficient (Wildman–Crippen LogP) is -0.420. The molecule has 0 fully saturated rings. The van der Waals surface area contributed by atoms with E-state index in [1.54, 1.807) is 28.2 Å². The van der Waals surface area contributed by atoms with Crippen LogP contribution in [0.5, 0.6) is 0 Å². The van der Waals surface area contributed by atoms with E-state index in [1.165, 1.54) is 6.33 Å². The van der Waals surface area contributed by atoms with Gasteiger partial charge in [-0.25, -0.2) is 4.98 Å². The lowest BCUT2D eigenvalue weighted by Crippen LogP contribution is -2.03. The second kappa shape index (κ2) is 3.12. The summed E-state index contributed by atoms with van der Waals surface area (Å²) in [6.45, 7) is 2.56. The van der Waals surface area contributed by atoms with Crippen LogP contribution in [0.15, 0.2) is 25.3 Å².